The maximum atomic E-state index is 5.13. The summed E-state index contributed by atoms with van der Waals surface area (Å²) >= 11 is 0. The zero-order valence-corrected chi connectivity index (χ0v) is 7.80. The lowest BCUT2D eigenvalue weighted by Crippen LogP contribution is -2.41. The maximum Gasteiger partial charge on any atom is 0.205 e. The van der Waals surface area contributed by atoms with Crippen molar-refractivity contribution >= 4 is 30.8 Å². The van der Waals surface area contributed by atoms with Crippen molar-refractivity contribution < 1.29 is 0 Å². The minimum atomic E-state index is 0. The number of rotatable bonds is 0. The molecule has 0 aromatic carbocycles. The Morgan fingerprint density at radius 2 is 2.09 bits per heavy atom. The smallest absolute Gasteiger partial charge is 0.205 e. The number of halogens is 2. The van der Waals surface area contributed by atoms with Crippen molar-refractivity contribution in [3.8, 4) is 0 Å². The van der Waals surface area contributed by atoms with Crippen molar-refractivity contribution in [3.05, 3.63) is 0 Å². The molecule has 0 unspecified atom stereocenters. The molecule has 0 aliphatic carbocycles. The zero-order valence-electron chi connectivity index (χ0n) is 6.17. The van der Waals surface area contributed by atoms with Crippen LogP contribution in [0.3, 0.4) is 0 Å². The third-order valence-corrected chi connectivity index (χ3v) is 1.28. The van der Waals surface area contributed by atoms with Crippen molar-refractivity contribution in [3.63, 3.8) is 0 Å². The number of hydrazine groups is 1. The number of hydrogen-bond acceptors (Lipinski definition) is 4. The van der Waals surface area contributed by atoms with Crippen molar-refractivity contribution in [2.24, 2.45) is 10.8 Å². The highest BCUT2D eigenvalue weighted by Crippen LogP contribution is 1.91. The Bertz CT molecular complexity index is 117. The Hall–Kier alpha value is -0.190. The van der Waals surface area contributed by atoms with Gasteiger partial charge in [0.2, 0.25) is 5.96 Å². The topological polar surface area (TPSA) is 62.4 Å². The van der Waals surface area contributed by atoms with Crippen LogP contribution in [0.5, 0.6) is 0 Å². The van der Waals surface area contributed by atoms with Crippen molar-refractivity contribution in [1.82, 2.24) is 10.7 Å². The second-order valence-electron chi connectivity index (χ2n) is 2.01. The van der Waals surface area contributed by atoms with Gasteiger partial charge in [-0.15, -0.1) is 24.8 Å². The van der Waals surface area contributed by atoms with E-state index < -0.39 is 0 Å². The molecule has 1 heterocycles. The molecule has 11 heavy (non-hydrogen) atoms. The molecule has 0 atom stereocenters. The molecule has 0 radical (unpaired) electrons. The molecule has 0 bridgehead atoms. The summed E-state index contributed by atoms with van der Waals surface area (Å²) in [6, 6.07) is 0. The molecule has 68 valence electrons. The van der Waals surface area contributed by atoms with E-state index in [9.17, 15) is 0 Å². The van der Waals surface area contributed by atoms with E-state index >= 15 is 0 Å². The minimum absolute atomic E-state index is 0. The van der Waals surface area contributed by atoms with Gasteiger partial charge in [-0.3, -0.25) is 10.4 Å². The number of hydrogen-bond donors (Lipinski definition) is 3. The van der Waals surface area contributed by atoms with E-state index in [0.29, 0.717) is 5.96 Å². The molecule has 6 heteroatoms. The van der Waals surface area contributed by atoms with E-state index in [4.69, 9.17) is 5.84 Å². The highest BCUT2D eigenvalue weighted by molar-refractivity contribution is 5.85. The van der Waals surface area contributed by atoms with Crippen LogP contribution in [0.4, 0.5) is 0 Å². The second-order valence-corrected chi connectivity index (χ2v) is 2.01. The highest BCUT2D eigenvalue weighted by Gasteiger charge is 1.98. The molecule has 0 aromatic heterocycles. The molecular formula is C5H14Cl2N4. The van der Waals surface area contributed by atoms with Crippen molar-refractivity contribution in [2.75, 3.05) is 13.1 Å². The lowest BCUT2D eigenvalue weighted by Gasteiger charge is -2.02. The number of guanidine groups is 1. The molecule has 1 rings (SSSR count). The fourth-order valence-electron chi connectivity index (χ4n) is 0.787. The Kier molecular flexibility index (Phi) is 9.64. The van der Waals surface area contributed by atoms with Gasteiger partial charge in [-0.25, -0.2) is 5.84 Å². The minimum Gasteiger partial charge on any atom is -0.355 e. The fraction of sp³-hybridized carbons (Fsp3) is 0.800. The number of nitrogens with two attached hydrogens (primary N) is 1. The number of aliphatic imine (C=N–C) groups is 1. The molecule has 0 aromatic rings. The summed E-state index contributed by atoms with van der Waals surface area (Å²) in [5.41, 5.74) is 2.48. The molecule has 0 fully saturated rings. The van der Waals surface area contributed by atoms with Gasteiger partial charge >= 0.3 is 0 Å². The first kappa shape index (κ1) is 13.4. The average molecular weight is 201 g/mol. The predicted molar refractivity (Wildman–Crippen MR) is 51.4 cm³/mol. The van der Waals surface area contributed by atoms with Gasteiger partial charge in [0.25, 0.3) is 0 Å². The van der Waals surface area contributed by atoms with E-state index in [2.05, 4.69) is 15.7 Å². The normalized spacial score (nSPS) is 15.9. The molecule has 1 aliphatic heterocycles. The average Bonchev–Trinajstić information content (AvgIpc) is 2.13. The first-order valence-corrected chi connectivity index (χ1v) is 3.18. The van der Waals surface area contributed by atoms with Crippen LogP contribution in [0.1, 0.15) is 12.8 Å². The van der Waals surface area contributed by atoms with Gasteiger partial charge in [0.1, 0.15) is 0 Å². The number of nitrogens with zero attached hydrogens (tertiary/aromatic N) is 1. The maximum absolute atomic E-state index is 5.13. The first-order valence-electron chi connectivity index (χ1n) is 3.18. The van der Waals surface area contributed by atoms with Gasteiger partial charge in [0.05, 0.1) is 0 Å². The van der Waals surface area contributed by atoms with Gasteiger partial charge in [-0.05, 0) is 12.8 Å². The summed E-state index contributed by atoms with van der Waals surface area (Å²) in [4.78, 5) is 4.11. The van der Waals surface area contributed by atoms with Gasteiger partial charge in [0, 0.05) is 13.1 Å². The van der Waals surface area contributed by atoms with E-state index in [1.807, 2.05) is 0 Å². The second kappa shape index (κ2) is 7.91. The summed E-state index contributed by atoms with van der Waals surface area (Å²) < 4.78 is 0. The molecule has 1 aliphatic rings. The number of nitrogens with one attached hydrogen (secondary N) is 2. The zero-order chi connectivity index (χ0) is 6.53. The molecule has 4 nitrogen and oxygen atoms in total. The lowest BCUT2D eigenvalue weighted by atomic mass is 10.3. The Labute approximate surface area is 78.8 Å². The van der Waals surface area contributed by atoms with E-state index in [0.717, 1.165) is 19.5 Å². The van der Waals surface area contributed by atoms with Crippen LogP contribution in [0.15, 0.2) is 4.99 Å². The third-order valence-electron chi connectivity index (χ3n) is 1.28. The van der Waals surface area contributed by atoms with Gasteiger partial charge < -0.3 is 5.32 Å². The summed E-state index contributed by atoms with van der Waals surface area (Å²) in [5, 5.41) is 3.05. The van der Waals surface area contributed by atoms with Crippen LogP contribution in [0, 0.1) is 0 Å². The largest absolute Gasteiger partial charge is 0.355 e. The quantitative estimate of drug-likeness (QED) is 0.383. The van der Waals surface area contributed by atoms with E-state index in [1.54, 1.807) is 0 Å². The predicted octanol–water partition coefficient (Wildman–Crippen LogP) is 0.0327. The van der Waals surface area contributed by atoms with Crippen molar-refractivity contribution in [2.45, 2.75) is 12.8 Å². The third kappa shape index (κ3) is 5.12. The molecule has 0 saturated heterocycles. The first-order chi connectivity index (χ1) is 4.43. The van der Waals surface area contributed by atoms with Crippen LogP contribution < -0.4 is 16.6 Å². The monoisotopic (exact) mass is 200 g/mol. The van der Waals surface area contributed by atoms with Crippen LogP contribution in [0.2, 0.25) is 0 Å². The lowest BCUT2D eigenvalue weighted by molar-refractivity contribution is 0.744. The van der Waals surface area contributed by atoms with Gasteiger partial charge in [-0.2, -0.15) is 0 Å². The van der Waals surface area contributed by atoms with E-state index in [-0.39, 0.29) is 24.8 Å². The highest BCUT2D eigenvalue weighted by atomic mass is 35.5. The molecule has 0 saturated carbocycles. The van der Waals surface area contributed by atoms with Crippen LogP contribution >= 0.6 is 24.8 Å². The Morgan fingerprint density at radius 3 is 2.73 bits per heavy atom. The molecule has 0 spiro atoms. The van der Waals surface area contributed by atoms with Gasteiger partial charge in [0.15, 0.2) is 0 Å². The van der Waals surface area contributed by atoms with Crippen molar-refractivity contribution in [1.29, 1.82) is 0 Å². The molecular weight excluding hydrogens is 187 g/mol. The summed E-state index contributed by atoms with van der Waals surface area (Å²) in [6.45, 7) is 1.86. The standard InChI is InChI=1S/C5H12N4.2ClH/c6-9-5-7-3-1-2-4-8-5;;/h1-4,6H2,(H2,7,8,9);2*1H. The summed E-state index contributed by atoms with van der Waals surface area (Å²) in [6.07, 6.45) is 2.33. The van der Waals surface area contributed by atoms with Gasteiger partial charge in [-0.1, -0.05) is 0 Å². The van der Waals surface area contributed by atoms with Crippen LogP contribution in [-0.2, 0) is 0 Å². The summed E-state index contributed by atoms with van der Waals surface area (Å²) in [7, 11) is 0. The van der Waals surface area contributed by atoms with Crippen LogP contribution in [-0.4, -0.2) is 19.0 Å². The Morgan fingerprint density at radius 1 is 1.36 bits per heavy atom. The molecule has 0 amide bonds. The van der Waals surface area contributed by atoms with E-state index in [1.165, 1.54) is 6.42 Å². The van der Waals surface area contributed by atoms with Crippen LogP contribution in [0.25, 0.3) is 0 Å². The Balaban J connectivity index is 0. The SMILES string of the molecule is Cl.Cl.NNC1=NCCCCN1. The summed E-state index contributed by atoms with van der Waals surface area (Å²) in [5.74, 6) is 5.84. The fourth-order valence-corrected chi connectivity index (χ4v) is 0.787. The molecule has 4 N–H and O–H groups in total.